The van der Waals surface area contributed by atoms with Crippen LogP contribution < -0.4 is 4.90 Å². The number of H-pyrrole nitrogens is 1. The molecule has 0 bridgehead atoms. The van der Waals surface area contributed by atoms with Crippen molar-refractivity contribution in [2.24, 2.45) is 0 Å². The van der Waals surface area contributed by atoms with E-state index in [-0.39, 0.29) is 5.97 Å². The van der Waals surface area contributed by atoms with Crippen molar-refractivity contribution in [1.29, 1.82) is 5.26 Å². The molecular formula is C22H25N5O2S. The number of rotatable bonds is 7. The minimum Gasteiger partial charge on any atom is -0.461 e. The number of aromatic amines is 1. The van der Waals surface area contributed by atoms with Gasteiger partial charge in [0.2, 0.25) is 0 Å². The number of thiazole rings is 1. The Morgan fingerprint density at radius 2 is 2.17 bits per heavy atom. The van der Waals surface area contributed by atoms with E-state index in [2.05, 4.69) is 44.0 Å². The first-order valence-corrected chi connectivity index (χ1v) is 11.2. The van der Waals surface area contributed by atoms with Crippen LogP contribution in [0, 0.1) is 11.3 Å². The molecule has 7 nitrogen and oxygen atoms in total. The second kappa shape index (κ2) is 9.28. The summed E-state index contributed by atoms with van der Waals surface area (Å²) in [6, 6.07) is 8.57. The van der Waals surface area contributed by atoms with Crippen LogP contribution in [0.3, 0.4) is 0 Å². The lowest BCUT2D eigenvalue weighted by atomic mass is 10.1. The Kier molecular flexibility index (Phi) is 6.31. The maximum absolute atomic E-state index is 11.8. The first-order chi connectivity index (χ1) is 14.7. The van der Waals surface area contributed by atoms with E-state index in [0.29, 0.717) is 17.9 Å². The zero-order valence-electron chi connectivity index (χ0n) is 17.1. The molecular weight excluding hydrogens is 398 g/mol. The predicted molar refractivity (Wildman–Crippen MR) is 118 cm³/mol. The third-order valence-electron chi connectivity index (χ3n) is 5.43. The SMILES string of the molecule is CCOC(=O)c1csc(N2CCN(CCCc3ccc4[nH]cc(C#N)c4c3)CC2)n1. The Labute approximate surface area is 179 Å². The van der Waals surface area contributed by atoms with Crippen molar-refractivity contribution in [1.82, 2.24) is 14.9 Å². The van der Waals surface area contributed by atoms with Gasteiger partial charge in [-0.05, 0) is 44.0 Å². The predicted octanol–water partition coefficient (Wildman–Crippen LogP) is 3.43. The number of anilines is 1. The fraction of sp³-hybridized carbons (Fsp3) is 0.409. The minimum atomic E-state index is -0.349. The largest absolute Gasteiger partial charge is 0.461 e. The first kappa shape index (κ1) is 20.4. The van der Waals surface area contributed by atoms with Gasteiger partial charge in [-0.25, -0.2) is 9.78 Å². The minimum absolute atomic E-state index is 0.349. The molecule has 0 radical (unpaired) electrons. The molecule has 1 aliphatic rings. The summed E-state index contributed by atoms with van der Waals surface area (Å²) < 4.78 is 5.02. The van der Waals surface area contributed by atoms with Crippen molar-refractivity contribution in [3.05, 3.63) is 46.6 Å². The van der Waals surface area contributed by atoms with E-state index in [9.17, 15) is 10.1 Å². The van der Waals surface area contributed by atoms with Gasteiger partial charge in [-0.15, -0.1) is 11.3 Å². The number of nitrogens with zero attached hydrogens (tertiary/aromatic N) is 4. The fourth-order valence-corrected chi connectivity index (χ4v) is 4.64. The molecule has 1 aromatic carbocycles. The van der Waals surface area contributed by atoms with Gasteiger partial charge in [-0.3, -0.25) is 4.90 Å². The van der Waals surface area contributed by atoms with E-state index < -0.39 is 0 Å². The standard InChI is InChI=1S/C22H25N5O2S/c1-2-29-21(28)20-15-30-22(25-20)27-10-8-26(9-11-27)7-3-4-16-5-6-19-18(12-16)17(13-23)14-24-19/h5-6,12,14-15,24H,2-4,7-11H2,1H3. The highest BCUT2D eigenvalue weighted by molar-refractivity contribution is 7.13. The van der Waals surface area contributed by atoms with Crippen molar-refractivity contribution in [2.75, 3.05) is 44.2 Å². The topological polar surface area (TPSA) is 85.2 Å². The average Bonchev–Trinajstić information content (AvgIpc) is 3.41. The zero-order chi connectivity index (χ0) is 20.9. The van der Waals surface area contributed by atoms with Crippen LogP contribution in [0.5, 0.6) is 0 Å². The monoisotopic (exact) mass is 423 g/mol. The molecule has 1 saturated heterocycles. The molecule has 30 heavy (non-hydrogen) atoms. The maximum Gasteiger partial charge on any atom is 0.357 e. The molecule has 0 amide bonds. The van der Waals surface area contributed by atoms with Crippen LogP contribution in [0.1, 0.15) is 35.0 Å². The van der Waals surface area contributed by atoms with E-state index in [1.165, 1.54) is 16.9 Å². The first-order valence-electron chi connectivity index (χ1n) is 10.3. The van der Waals surface area contributed by atoms with Crippen LogP contribution in [0.4, 0.5) is 5.13 Å². The van der Waals surface area contributed by atoms with Crippen molar-refractivity contribution >= 4 is 33.3 Å². The van der Waals surface area contributed by atoms with Gasteiger partial charge in [0.15, 0.2) is 10.8 Å². The fourth-order valence-electron chi connectivity index (χ4n) is 3.79. The van der Waals surface area contributed by atoms with Gasteiger partial charge >= 0.3 is 5.97 Å². The number of carbonyl (C=O) groups is 1. The van der Waals surface area contributed by atoms with Gasteiger partial charge in [0.1, 0.15) is 6.07 Å². The summed E-state index contributed by atoms with van der Waals surface area (Å²) in [6.07, 6.45) is 3.86. The van der Waals surface area contributed by atoms with Crippen LogP contribution in [-0.2, 0) is 11.2 Å². The molecule has 4 rings (SSSR count). The Hall–Kier alpha value is -2.89. The Balaban J connectivity index is 1.24. The molecule has 0 spiro atoms. The molecule has 0 atom stereocenters. The molecule has 0 aliphatic carbocycles. The highest BCUT2D eigenvalue weighted by atomic mass is 32.1. The maximum atomic E-state index is 11.8. The lowest BCUT2D eigenvalue weighted by Crippen LogP contribution is -2.46. The number of aryl methyl sites for hydroxylation is 1. The summed E-state index contributed by atoms with van der Waals surface area (Å²) in [4.78, 5) is 24.1. The summed E-state index contributed by atoms with van der Waals surface area (Å²) >= 11 is 1.50. The number of nitrogens with one attached hydrogen (secondary N) is 1. The normalized spacial score (nSPS) is 14.7. The van der Waals surface area contributed by atoms with Crippen molar-refractivity contribution in [3.8, 4) is 6.07 Å². The molecule has 0 unspecified atom stereocenters. The highest BCUT2D eigenvalue weighted by Gasteiger charge is 2.21. The smallest absolute Gasteiger partial charge is 0.357 e. The van der Waals surface area contributed by atoms with Gasteiger partial charge < -0.3 is 14.6 Å². The second-order valence-electron chi connectivity index (χ2n) is 7.36. The van der Waals surface area contributed by atoms with Crippen LogP contribution in [0.25, 0.3) is 10.9 Å². The molecule has 0 saturated carbocycles. The van der Waals surface area contributed by atoms with E-state index >= 15 is 0 Å². The Morgan fingerprint density at radius 3 is 2.93 bits per heavy atom. The van der Waals surface area contributed by atoms with Gasteiger partial charge in [0.05, 0.1) is 12.2 Å². The quantitative estimate of drug-likeness (QED) is 0.586. The van der Waals surface area contributed by atoms with Crippen molar-refractivity contribution in [2.45, 2.75) is 19.8 Å². The molecule has 2 aromatic heterocycles. The Morgan fingerprint density at radius 1 is 1.33 bits per heavy atom. The van der Waals surface area contributed by atoms with Gasteiger partial charge in [-0.2, -0.15) is 5.26 Å². The van der Waals surface area contributed by atoms with Crippen LogP contribution in [-0.4, -0.2) is 60.2 Å². The number of hydrogen-bond donors (Lipinski definition) is 1. The molecule has 156 valence electrons. The summed E-state index contributed by atoms with van der Waals surface area (Å²) in [5, 5.41) is 12.9. The summed E-state index contributed by atoms with van der Waals surface area (Å²) in [5.74, 6) is -0.349. The van der Waals surface area contributed by atoms with Crippen LogP contribution in [0.15, 0.2) is 29.8 Å². The van der Waals surface area contributed by atoms with Crippen LogP contribution in [0.2, 0.25) is 0 Å². The lowest BCUT2D eigenvalue weighted by molar-refractivity contribution is 0.0520. The number of fused-ring (bicyclic) bond motifs is 1. The molecule has 3 aromatic rings. The summed E-state index contributed by atoms with van der Waals surface area (Å²) in [7, 11) is 0. The molecule has 3 heterocycles. The van der Waals surface area contributed by atoms with Crippen molar-refractivity contribution < 1.29 is 9.53 Å². The zero-order valence-corrected chi connectivity index (χ0v) is 17.9. The number of esters is 1. The Bertz CT molecular complexity index is 1060. The van der Waals surface area contributed by atoms with E-state index in [1.807, 2.05) is 0 Å². The average molecular weight is 424 g/mol. The molecule has 1 fully saturated rings. The second-order valence-corrected chi connectivity index (χ2v) is 8.20. The summed E-state index contributed by atoms with van der Waals surface area (Å²) in [5.41, 5.74) is 3.39. The number of carbonyl (C=O) groups excluding carboxylic acids is 1. The van der Waals surface area contributed by atoms with Gasteiger partial charge in [0, 0.05) is 48.7 Å². The number of hydrogen-bond acceptors (Lipinski definition) is 7. The van der Waals surface area contributed by atoms with Gasteiger partial charge in [-0.1, -0.05) is 6.07 Å². The molecule has 1 aliphatic heterocycles. The number of aromatic nitrogens is 2. The van der Waals surface area contributed by atoms with E-state index in [0.717, 1.165) is 61.6 Å². The molecule has 1 N–H and O–H groups in total. The highest BCUT2D eigenvalue weighted by Crippen LogP contribution is 2.23. The molecule has 8 heteroatoms. The van der Waals surface area contributed by atoms with E-state index in [1.54, 1.807) is 18.5 Å². The van der Waals surface area contributed by atoms with Crippen LogP contribution >= 0.6 is 11.3 Å². The number of benzene rings is 1. The van der Waals surface area contributed by atoms with Crippen molar-refractivity contribution in [3.63, 3.8) is 0 Å². The van der Waals surface area contributed by atoms with Gasteiger partial charge in [0.25, 0.3) is 0 Å². The number of ether oxygens (including phenoxy) is 1. The lowest BCUT2D eigenvalue weighted by Gasteiger charge is -2.34. The number of nitriles is 1. The summed E-state index contributed by atoms with van der Waals surface area (Å²) in [6.45, 7) is 7.02. The third kappa shape index (κ3) is 4.48. The number of piperazine rings is 1. The van der Waals surface area contributed by atoms with E-state index in [4.69, 9.17) is 4.74 Å². The third-order valence-corrected chi connectivity index (χ3v) is 6.33.